The number of cyclic esters (lactones) is 1. The van der Waals surface area contributed by atoms with Crippen LogP contribution in [-0.2, 0) is 20.9 Å². The summed E-state index contributed by atoms with van der Waals surface area (Å²) in [6, 6.07) is 10.1. The number of carbonyl (C=O) groups excluding carboxylic acids is 3. The van der Waals surface area contributed by atoms with E-state index in [1.54, 1.807) is 16.3 Å². The summed E-state index contributed by atoms with van der Waals surface area (Å²) >= 11 is 7.39. The number of carbonyl (C=O) groups is 3. The Bertz CT molecular complexity index is 926. The quantitative estimate of drug-likeness (QED) is 0.653. The highest BCUT2D eigenvalue weighted by Gasteiger charge is 2.44. The Morgan fingerprint density at radius 1 is 1.17 bits per heavy atom. The van der Waals surface area contributed by atoms with Crippen molar-refractivity contribution >= 4 is 40.9 Å². The fourth-order valence-electron chi connectivity index (χ4n) is 3.78. The molecule has 7 nitrogen and oxygen atoms in total. The van der Waals surface area contributed by atoms with Gasteiger partial charge in [0, 0.05) is 19.1 Å². The molecule has 2 aliphatic heterocycles. The maximum absolute atomic E-state index is 12.6. The van der Waals surface area contributed by atoms with Crippen LogP contribution in [0.15, 0.2) is 41.8 Å². The molecule has 30 heavy (non-hydrogen) atoms. The average Bonchev–Trinajstić information content (AvgIpc) is 3.38. The molecule has 9 heteroatoms. The van der Waals surface area contributed by atoms with E-state index in [0.29, 0.717) is 35.8 Å². The SMILES string of the molecule is O=C(OCc1ccccc1)[C@@H]1COC(=O)N1C1CCN(C(=O)c2sccc2Cl)CC1. The van der Waals surface area contributed by atoms with Gasteiger partial charge in [-0.3, -0.25) is 9.69 Å². The van der Waals surface area contributed by atoms with Gasteiger partial charge in [-0.25, -0.2) is 9.59 Å². The van der Waals surface area contributed by atoms with Gasteiger partial charge in [0.25, 0.3) is 5.91 Å². The lowest BCUT2D eigenvalue weighted by Crippen LogP contribution is -2.52. The summed E-state index contributed by atoms with van der Waals surface area (Å²) in [7, 11) is 0. The maximum atomic E-state index is 12.6. The first-order chi connectivity index (χ1) is 14.5. The topological polar surface area (TPSA) is 76.2 Å². The highest BCUT2D eigenvalue weighted by molar-refractivity contribution is 7.12. The molecule has 2 saturated heterocycles. The number of rotatable bonds is 5. The zero-order chi connectivity index (χ0) is 21.1. The van der Waals surface area contributed by atoms with Crippen molar-refractivity contribution in [2.75, 3.05) is 19.7 Å². The molecular weight excluding hydrogens is 428 g/mol. The summed E-state index contributed by atoms with van der Waals surface area (Å²) < 4.78 is 10.6. The van der Waals surface area contributed by atoms with E-state index in [4.69, 9.17) is 21.1 Å². The highest BCUT2D eigenvalue weighted by atomic mass is 35.5. The molecule has 0 bridgehead atoms. The van der Waals surface area contributed by atoms with Gasteiger partial charge in [0.05, 0.1) is 5.02 Å². The lowest BCUT2D eigenvalue weighted by atomic mass is 10.0. The summed E-state index contributed by atoms with van der Waals surface area (Å²) in [5, 5.41) is 2.24. The van der Waals surface area contributed by atoms with E-state index in [2.05, 4.69) is 0 Å². The molecule has 0 saturated carbocycles. The summed E-state index contributed by atoms with van der Waals surface area (Å²) in [6.07, 6.45) is 0.612. The Morgan fingerprint density at radius 2 is 1.90 bits per heavy atom. The first-order valence-electron chi connectivity index (χ1n) is 9.72. The molecule has 0 unspecified atom stereocenters. The van der Waals surface area contributed by atoms with E-state index in [0.717, 1.165) is 5.56 Å². The first-order valence-corrected chi connectivity index (χ1v) is 11.0. The van der Waals surface area contributed by atoms with Crippen LogP contribution in [0.2, 0.25) is 5.02 Å². The van der Waals surface area contributed by atoms with Crippen LogP contribution in [0, 0.1) is 0 Å². The number of likely N-dealkylation sites (tertiary alicyclic amines) is 1. The van der Waals surface area contributed by atoms with E-state index in [-0.39, 0.29) is 25.2 Å². The Labute approximate surface area is 183 Å². The van der Waals surface area contributed by atoms with Crippen LogP contribution in [0.3, 0.4) is 0 Å². The number of esters is 1. The number of piperidine rings is 1. The summed E-state index contributed by atoms with van der Waals surface area (Å²) in [5.41, 5.74) is 0.877. The summed E-state index contributed by atoms with van der Waals surface area (Å²) in [4.78, 5) is 41.3. The molecule has 2 amide bonds. The number of benzene rings is 1. The molecule has 0 radical (unpaired) electrons. The third-order valence-electron chi connectivity index (χ3n) is 5.36. The van der Waals surface area contributed by atoms with Crippen LogP contribution in [0.4, 0.5) is 4.79 Å². The standard InChI is InChI=1S/C21H21ClN2O5S/c22-16-8-11-30-18(16)19(25)23-9-6-15(7-10-23)24-17(13-29-21(24)27)20(26)28-12-14-4-2-1-3-5-14/h1-5,8,11,15,17H,6-7,9-10,12-13H2/t17-/m0/s1. The molecule has 2 aliphatic rings. The van der Waals surface area contributed by atoms with Crippen molar-refractivity contribution in [2.45, 2.75) is 31.5 Å². The minimum absolute atomic E-state index is 0.0175. The lowest BCUT2D eigenvalue weighted by Gasteiger charge is -2.37. The van der Waals surface area contributed by atoms with Crippen LogP contribution in [0.25, 0.3) is 0 Å². The van der Waals surface area contributed by atoms with Gasteiger partial charge in [0.2, 0.25) is 0 Å². The predicted octanol–water partition coefficient (Wildman–Crippen LogP) is 3.57. The average molecular weight is 449 g/mol. The normalized spacial score (nSPS) is 19.6. The van der Waals surface area contributed by atoms with Gasteiger partial charge in [0.1, 0.15) is 18.1 Å². The number of nitrogens with zero attached hydrogens (tertiary/aromatic N) is 2. The van der Waals surface area contributed by atoms with E-state index in [1.165, 1.54) is 16.2 Å². The van der Waals surface area contributed by atoms with E-state index >= 15 is 0 Å². The predicted molar refractivity (Wildman–Crippen MR) is 111 cm³/mol. The molecule has 0 spiro atoms. The Kier molecular flexibility index (Phi) is 6.24. The van der Waals surface area contributed by atoms with E-state index in [9.17, 15) is 14.4 Å². The zero-order valence-corrected chi connectivity index (χ0v) is 17.7. The van der Waals surface area contributed by atoms with E-state index in [1.807, 2.05) is 30.3 Å². The number of hydrogen-bond donors (Lipinski definition) is 0. The summed E-state index contributed by atoms with van der Waals surface area (Å²) in [6.45, 7) is 1.09. The van der Waals surface area contributed by atoms with Gasteiger partial charge in [-0.15, -0.1) is 11.3 Å². The number of halogens is 1. The third kappa shape index (κ3) is 4.29. The van der Waals surface area contributed by atoms with Crippen molar-refractivity contribution in [3.63, 3.8) is 0 Å². The maximum Gasteiger partial charge on any atom is 0.410 e. The fourth-order valence-corrected chi connectivity index (χ4v) is 4.88. The molecular formula is C21H21ClN2O5S. The van der Waals surface area contributed by atoms with Gasteiger partial charge in [-0.1, -0.05) is 41.9 Å². The largest absolute Gasteiger partial charge is 0.459 e. The van der Waals surface area contributed by atoms with Crippen LogP contribution >= 0.6 is 22.9 Å². The molecule has 0 aliphatic carbocycles. The van der Waals surface area contributed by atoms with Crippen molar-refractivity contribution in [3.8, 4) is 0 Å². The molecule has 2 aromatic rings. The zero-order valence-electron chi connectivity index (χ0n) is 16.2. The minimum atomic E-state index is -0.764. The second-order valence-electron chi connectivity index (χ2n) is 7.21. The Hall–Kier alpha value is -2.58. The monoisotopic (exact) mass is 448 g/mol. The molecule has 1 aromatic carbocycles. The van der Waals surface area contributed by atoms with Gasteiger partial charge < -0.3 is 14.4 Å². The highest BCUT2D eigenvalue weighted by Crippen LogP contribution is 2.28. The van der Waals surface area contributed by atoms with Crippen molar-refractivity contribution < 1.29 is 23.9 Å². The first kappa shape index (κ1) is 20.7. The van der Waals surface area contributed by atoms with Crippen molar-refractivity contribution in [3.05, 3.63) is 57.2 Å². The molecule has 0 N–H and O–H groups in total. The number of hydrogen-bond acceptors (Lipinski definition) is 6. The Morgan fingerprint density at radius 3 is 2.57 bits per heavy atom. The second-order valence-corrected chi connectivity index (χ2v) is 8.54. The second kappa shape index (κ2) is 9.06. The molecule has 1 atom stereocenters. The lowest BCUT2D eigenvalue weighted by molar-refractivity contribution is -0.150. The van der Waals surface area contributed by atoms with Crippen molar-refractivity contribution in [1.29, 1.82) is 0 Å². The fraction of sp³-hybridized carbons (Fsp3) is 0.381. The molecule has 4 rings (SSSR count). The number of thiophene rings is 1. The van der Waals surface area contributed by atoms with Gasteiger partial charge in [-0.05, 0) is 29.9 Å². The molecule has 1 aromatic heterocycles. The Balaban J connectivity index is 1.35. The third-order valence-corrected chi connectivity index (χ3v) is 6.69. The van der Waals surface area contributed by atoms with Crippen LogP contribution in [-0.4, -0.2) is 59.5 Å². The van der Waals surface area contributed by atoms with E-state index < -0.39 is 18.1 Å². The van der Waals surface area contributed by atoms with Gasteiger partial charge >= 0.3 is 12.1 Å². The molecule has 2 fully saturated rings. The molecule has 158 valence electrons. The van der Waals surface area contributed by atoms with Crippen LogP contribution in [0.5, 0.6) is 0 Å². The summed E-state index contributed by atoms with van der Waals surface area (Å²) in [5.74, 6) is -0.579. The molecule has 3 heterocycles. The number of ether oxygens (including phenoxy) is 2. The minimum Gasteiger partial charge on any atom is -0.459 e. The van der Waals surface area contributed by atoms with Crippen molar-refractivity contribution in [1.82, 2.24) is 9.80 Å². The number of amides is 2. The van der Waals surface area contributed by atoms with Crippen LogP contribution < -0.4 is 0 Å². The van der Waals surface area contributed by atoms with Crippen molar-refractivity contribution in [2.24, 2.45) is 0 Å². The van der Waals surface area contributed by atoms with Crippen LogP contribution in [0.1, 0.15) is 28.1 Å². The van der Waals surface area contributed by atoms with Gasteiger partial charge in [-0.2, -0.15) is 0 Å². The van der Waals surface area contributed by atoms with Gasteiger partial charge in [0.15, 0.2) is 6.04 Å². The smallest absolute Gasteiger partial charge is 0.410 e.